The Balaban J connectivity index is 2.52. The lowest BCUT2D eigenvalue weighted by Gasteiger charge is -2.15. The van der Waals surface area contributed by atoms with Crippen LogP contribution in [0.5, 0.6) is 11.5 Å². The summed E-state index contributed by atoms with van der Waals surface area (Å²) in [6.07, 6.45) is 2.70. The minimum absolute atomic E-state index is 0.162. The van der Waals surface area contributed by atoms with Gasteiger partial charge in [-0.1, -0.05) is 0 Å². The van der Waals surface area contributed by atoms with Gasteiger partial charge in [-0.3, -0.25) is 4.79 Å². The number of ketones is 1. The lowest BCUT2D eigenvalue weighted by molar-refractivity contribution is -0.137. The van der Waals surface area contributed by atoms with Crippen LogP contribution in [-0.2, 0) is 22.4 Å². The molecular formula is C15H18O5. The van der Waals surface area contributed by atoms with E-state index in [0.29, 0.717) is 11.5 Å². The Morgan fingerprint density at radius 3 is 2.45 bits per heavy atom. The lowest BCUT2D eigenvalue weighted by atomic mass is 10.00. The molecule has 1 aromatic rings. The van der Waals surface area contributed by atoms with Crippen LogP contribution in [0.4, 0.5) is 0 Å². The maximum atomic E-state index is 12.2. The van der Waals surface area contributed by atoms with E-state index in [1.54, 1.807) is 20.1 Å². The highest BCUT2D eigenvalue weighted by Crippen LogP contribution is 2.40. The van der Waals surface area contributed by atoms with Crippen LogP contribution in [0.15, 0.2) is 6.07 Å². The molecule has 0 radical (unpaired) electrons. The van der Waals surface area contributed by atoms with Crippen molar-refractivity contribution >= 4 is 11.8 Å². The first-order chi connectivity index (χ1) is 9.63. The van der Waals surface area contributed by atoms with E-state index in [-0.39, 0.29) is 12.2 Å². The highest BCUT2D eigenvalue weighted by molar-refractivity contribution is 6.41. The molecule has 1 aliphatic carbocycles. The molecule has 0 saturated heterocycles. The van der Waals surface area contributed by atoms with Crippen molar-refractivity contribution in [3.63, 3.8) is 0 Å². The summed E-state index contributed by atoms with van der Waals surface area (Å²) in [5, 5.41) is 0. The molecule has 1 aromatic carbocycles. The van der Waals surface area contributed by atoms with Gasteiger partial charge in [0.2, 0.25) is 0 Å². The van der Waals surface area contributed by atoms with E-state index in [1.165, 1.54) is 7.11 Å². The van der Waals surface area contributed by atoms with E-state index in [0.717, 1.165) is 30.4 Å². The smallest absolute Gasteiger partial charge is 0.379 e. The Morgan fingerprint density at radius 1 is 1.15 bits per heavy atom. The van der Waals surface area contributed by atoms with Crippen molar-refractivity contribution < 1.29 is 23.8 Å². The van der Waals surface area contributed by atoms with Gasteiger partial charge in [-0.2, -0.15) is 0 Å². The van der Waals surface area contributed by atoms with Crippen molar-refractivity contribution in [2.45, 2.75) is 26.2 Å². The number of carbonyl (C=O) groups excluding carboxylic acids is 2. The largest absolute Gasteiger partial charge is 0.496 e. The van der Waals surface area contributed by atoms with Crippen LogP contribution < -0.4 is 9.47 Å². The number of rotatable bonds is 5. The Kier molecular flexibility index (Phi) is 4.27. The number of fused-ring (bicyclic) bond motifs is 1. The highest BCUT2D eigenvalue weighted by Gasteiger charge is 2.29. The average molecular weight is 278 g/mol. The standard InChI is InChI=1S/C15H18O5/c1-4-20-15(17)13(16)11-8-12(18-2)9-6-5-7-10(9)14(11)19-3/h8H,4-7H2,1-3H3. The topological polar surface area (TPSA) is 61.8 Å². The van der Waals surface area contributed by atoms with Crippen LogP contribution >= 0.6 is 0 Å². The molecule has 0 unspecified atom stereocenters. The van der Waals surface area contributed by atoms with E-state index >= 15 is 0 Å². The number of ether oxygens (including phenoxy) is 3. The maximum absolute atomic E-state index is 12.2. The van der Waals surface area contributed by atoms with Gasteiger partial charge in [0.1, 0.15) is 11.5 Å². The molecular weight excluding hydrogens is 260 g/mol. The fourth-order valence-corrected chi connectivity index (χ4v) is 2.60. The predicted octanol–water partition coefficient (Wildman–Crippen LogP) is 1.94. The van der Waals surface area contributed by atoms with Crippen LogP contribution in [-0.4, -0.2) is 32.6 Å². The van der Waals surface area contributed by atoms with Gasteiger partial charge in [0.25, 0.3) is 5.78 Å². The molecule has 0 N–H and O–H groups in total. The van der Waals surface area contributed by atoms with Gasteiger partial charge >= 0.3 is 5.97 Å². The van der Waals surface area contributed by atoms with Crippen LogP contribution in [0.1, 0.15) is 34.8 Å². The van der Waals surface area contributed by atoms with Gasteiger partial charge in [-0.15, -0.1) is 0 Å². The van der Waals surface area contributed by atoms with Crippen molar-refractivity contribution in [2.75, 3.05) is 20.8 Å². The third-order valence-electron chi connectivity index (χ3n) is 3.44. The van der Waals surface area contributed by atoms with Crippen molar-refractivity contribution in [1.29, 1.82) is 0 Å². The number of carbonyl (C=O) groups is 2. The number of methoxy groups -OCH3 is 2. The van der Waals surface area contributed by atoms with Gasteiger partial charge < -0.3 is 14.2 Å². The molecule has 0 saturated carbocycles. The summed E-state index contributed by atoms with van der Waals surface area (Å²) >= 11 is 0. The van der Waals surface area contributed by atoms with Crippen LogP contribution in [0, 0.1) is 0 Å². The number of benzene rings is 1. The fourth-order valence-electron chi connectivity index (χ4n) is 2.60. The van der Waals surface area contributed by atoms with Gasteiger partial charge in [0.05, 0.1) is 26.4 Å². The van der Waals surface area contributed by atoms with Gasteiger partial charge in [0, 0.05) is 11.1 Å². The van der Waals surface area contributed by atoms with Crippen molar-refractivity contribution in [3.05, 3.63) is 22.8 Å². The first-order valence-corrected chi connectivity index (χ1v) is 6.62. The van der Waals surface area contributed by atoms with E-state index in [1.807, 2.05) is 0 Å². The number of Topliss-reactive ketones (excluding diaryl/α,β-unsaturated/α-hetero) is 1. The van der Waals surface area contributed by atoms with E-state index in [4.69, 9.17) is 14.2 Å². The van der Waals surface area contributed by atoms with Gasteiger partial charge in [-0.05, 0) is 32.3 Å². The van der Waals surface area contributed by atoms with Crippen LogP contribution in [0.3, 0.4) is 0 Å². The average Bonchev–Trinajstić information content (AvgIpc) is 2.94. The van der Waals surface area contributed by atoms with Crippen LogP contribution in [0.25, 0.3) is 0 Å². The summed E-state index contributed by atoms with van der Waals surface area (Å²) in [6, 6.07) is 1.57. The molecule has 20 heavy (non-hydrogen) atoms. The van der Waals surface area contributed by atoms with Crippen molar-refractivity contribution in [2.24, 2.45) is 0 Å². The van der Waals surface area contributed by atoms with Crippen molar-refractivity contribution in [1.82, 2.24) is 0 Å². The molecule has 0 spiro atoms. The number of hydrogen-bond acceptors (Lipinski definition) is 5. The first kappa shape index (κ1) is 14.4. The molecule has 2 rings (SSSR count). The molecule has 5 heteroatoms. The normalized spacial score (nSPS) is 12.8. The number of hydrogen-bond donors (Lipinski definition) is 0. The Labute approximate surface area is 117 Å². The second-order valence-electron chi connectivity index (χ2n) is 4.52. The highest BCUT2D eigenvalue weighted by atomic mass is 16.5. The van der Waals surface area contributed by atoms with E-state index in [9.17, 15) is 9.59 Å². The zero-order valence-corrected chi connectivity index (χ0v) is 11.9. The summed E-state index contributed by atoms with van der Waals surface area (Å²) in [7, 11) is 3.06. The quantitative estimate of drug-likeness (QED) is 0.468. The summed E-state index contributed by atoms with van der Waals surface area (Å²) in [5.41, 5.74) is 2.23. The molecule has 0 amide bonds. The maximum Gasteiger partial charge on any atom is 0.379 e. The Morgan fingerprint density at radius 2 is 1.85 bits per heavy atom. The molecule has 0 atom stereocenters. The molecule has 0 aromatic heterocycles. The predicted molar refractivity (Wildman–Crippen MR) is 72.5 cm³/mol. The number of esters is 1. The third kappa shape index (κ3) is 2.35. The SMILES string of the molecule is CCOC(=O)C(=O)c1cc(OC)c2c(c1OC)CCC2. The summed E-state index contributed by atoms with van der Waals surface area (Å²) in [6.45, 7) is 1.82. The van der Waals surface area contributed by atoms with Crippen molar-refractivity contribution in [3.8, 4) is 11.5 Å². The summed E-state index contributed by atoms with van der Waals surface area (Å²) < 4.78 is 15.4. The molecule has 108 valence electrons. The zero-order valence-electron chi connectivity index (χ0n) is 11.9. The summed E-state index contributed by atoms with van der Waals surface area (Å²) in [4.78, 5) is 23.8. The van der Waals surface area contributed by atoms with Gasteiger partial charge in [0.15, 0.2) is 0 Å². The molecule has 1 aliphatic rings. The molecule has 5 nitrogen and oxygen atoms in total. The Hall–Kier alpha value is -2.04. The lowest BCUT2D eigenvalue weighted by Crippen LogP contribution is -2.19. The van der Waals surface area contributed by atoms with Gasteiger partial charge in [-0.25, -0.2) is 4.79 Å². The second kappa shape index (κ2) is 5.94. The summed E-state index contributed by atoms with van der Waals surface area (Å²) in [5.74, 6) is -0.468. The minimum Gasteiger partial charge on any atom is -0.496 e. The van der Waals surface area contributed by atoms with E-state index in [2.05, 4.69) is 0 Å². The second-order valence-corrected chi connectivity index (χ2v) is 4.52. The zero-order chi connectivity index (χ0) is 14.7. The first-order valence-electron chi connectivity index (χ1n) is 6.62. The monoisotopic (exact) mass is 278 g/mol. The third-order valence-corrected chi connectivity index (χ3v) is 3.44. The van der Waals surface area contributed by atoms with Crippen LogP contribution in [0.2, 0.25) is 0 Å². The molecule has 0 fully saturated rings. The molecule has 0 bridgehead atoms. The Bertz CT molecular complexity index is 548. The fraction of sp³-hybridized carbons (Fsp3) is 0.467. The molecule has 0 heterocycles. The molecule has 0 aliphatic heterocycles. The minimum atomic E-state index is -0.870. The van der Waals surface area contributed by atoms with E-state index < -0.39 is 11.8 Å².